The predicted octanol–water partition coefficient (Wildman–Crippen LogP) is 1.47. The molecule has 15 heavy (non-hydrogen) atoms. The van der Waals surface area contributed by atoms with Gasteiger partial charge in [0.2, 0.25) is 5.95 Å². The number of anilines is 1. The van der Waals surface area contributed by atoms with E-state index in [0.29, 0.717) is 17.8 Å². The van der Waals surface area contributed by atoms with Gasteiger partial charge in [-0.25, -0.2) is 9.97 Å². The second-order valence-electron chi connectivity index (χ2n) is 3.82. The Morgan fingerprint density at radius 1 is 1.47 bits per heavy atom. The summed E-state index contributed by atoms with van der Waals surface area (Å²) in [6.45, 7) is 5.51. The fourth-order valence-electron chi connectivity index (χ4n) is 1.42. The Balaban J connectivity index is 3.27. The summed E-state index contributed by atoms with van der Waals surface area (Å²) < 4.78 is 0. The zero-order valence-electron chi connectivity index (χ0n) is 9.02. The van der Waals surface area contributed by atoms with Crippen LogP contribution in [-0.4, -0.2) is 14.9 Å². The number of aryl methyl sites for hydroxylation is 1. The zero-order chi connectivity index (χ0) is 11.6. The molecule has 0 aliphatic rings. The maximum atomic E-state index is 10.8. The van der Waals surface area contributed by atoms with Crippen molar-refractivity contribution in [2.75, 3.05) is 5.73 Å². The van der Waals surface area contributed by atoms with Gasteiger partial charge in [-0.05, 0) is 19.3 Å². The molecule has 1 rings (SSSR count). The van der Waals surface area contributed by atoms with E-state index in [4.69, 9.17) is 5.73 Å². The first-order valence-corrected chi connectivity index (χ1v) is 4.69. The number of hydrogen-bond donors (Lipinski definition) is 1. The highest BCUT2D eigenvalue weighted by atomic mass is 16.6. The fraction of sp³-hybridized carbons (Fsp3) is 0.556. The quantitative estimate of drug-likeness (QED) is 0.602. The van der Waals surface area contributed by atoms with Crippen molar-refractivity contribution in [1.82, 2.24) is 9.97 Å². The molecule has 0 aliphatic heterocycles. The summed E-state index contributed by atoms with van der Waals surface area (Å²) >= 11 is 0. The number of rotatable bonds is 3. The van der Waals surface area contributed by atoms with Crippen LogP contribution in [0.3, 0.4) is 0 Å². The average molecular weight is 210 g/mol. The van der Waals surface area contributed by atoms with Gasteiger partial charge in [0, 0.05) is 0 Å². The Morgan fingerprint density at radius 3 is 2.53 bits per heavy atom. The molecule has 6 heteroatoms. The normalized spacial score (nSPS) is 10.7. The molecule has 0 spiro atoms. The number of nitrogens with zero attached hydrogens (tertiary/aromatic N) is 3. The van der Waals surface area contributed by atoms with Gasteiger partial charge in [0.15, 0.2) is 0 Å². The molecular weight excluding hydrogens is 196 g/mol. The molecule has 0 atom stereocenters. The standard InChI is InChI=1S/C9H14N4O2/c1-5(2)4-7-8(13(14)15)6(3)11-9(10)12-7/h5H,4H2,1-3H3,(H2,10,11,12). The van der Waals surface area contributed by atoms with E-state index in [-0.39, 0.29) is 17.6 Å². The van der Waals surface area contributed by atoms with Crippen molar-refractivity contribution in [1.29, 1.82) is 0 Å². The van der Waals surface area contributed by atoms with Crippen molar-refractivity contribution < 1.29 is 4.92 Å². The Labute approximate surface area is 87.7 Å². The number of nitro groups is 1. The lowest BCUT2D eigenvalue weighted by Gasteiger charge is -2.07. The molecule has 0 saturated heterocycles. The summed E-state index contributed by atoms with van der Waals surface area (Å²) in [5.41, 5.74) is 6.18. The summed E-state index contributed by atoms with van der Waals surface area (Å²) in [7, 11) is 0. The lowest BCUT2D eigenvalue weighted by Crippen LogP contribution is -2.09. The first kappa shape index (κ1) is 11.4. The molecule has 0 fully saturated rings. The molecule has 2 N–H and O–H groups in total. The van der Waals surface area contributed by atoms with Gasteiger partial charge in [0.1, 0.15) is 11.4 Å². The lowest BCUT2D eigenvalue weighted by molar-refractivity contribution is -0.386. The Morgan fingerprint density at radius 2 is 2.07 bits per heavy atom. The first-order valence-electron chi connectivity index (χ1n) is 4.69. The van der Waals surface area contributed by atoms with Crippen LogP contribution in [0.4, 0.5) is 11.6 Å². The minimum Gasteiger partial charge on any atom is -0.368 e. The van der Waals surface area contributed by atoms with Crippen molar-refractivity contribution in [2.45, 2.75) is 27.2 Å². The summed E-state index contributed by atoms with van der Waals surface area (Å²) in [6.07, 6.45) is 0.532. The molecule has 0 aliphatic carbocycles. The monoisotopic (exact) mass is 210 g/mol. The smallest absolute Gasteiger partial charge is 0.311 e. The largest absolute Gasteiger partial charge is 0.368 e. The van der Waals surface area contributed by atoms with Crippen LogP contribution < -0.4 is 5.73 Å². The van der Waals surface area contributed by atoms with Crippen molar-refractivity contribution in [3.8, 4) is 0 Å². The van der Waals surface area contributed by atoms with Crippen molar-refractivity contribution in [2.24, 2.45) is 5.92 Å². The van der Waals surface area contributed by atoms with E-state index in [0.717, 1.165) is 0 Å². The van der Waals surface area contributed by atoms with Crippen LogP contribution in [0.2, 0.25) is 0 Å². The van der Waals surface area contributed by atoms with Gasteiger partial charge in [0.05, 0.1) is 4.92 Å². The van der Waals surface area contributed by atoms with E-state index in [1.54, 1.807) is 6.92 Å². The minimum atomic E-state index is -0.452. The topological polar surface area (TPSA) is 94.9 Å². The van der Waals surface area contributed by atoms with Crippen LogP contribution in [0.15, 0.2) is 0 Å². The van der Waals surface area contributed by atoms with E-state index in [2.05, 4.69) is 9.97 Å². The lowest BCUT2D eigenvalue weighted by atomic mass is 10.1. The van der Waals surface area contributed by atoms with Gasteiger partial charge in [-0.1, -0.05) is 13.8 Å². The number of nitrogens with two attached hydrogens (primary N) is 1. The van der Waals surface area contributed by atoms with E-state index >= 15 is 0 Å². The summed E-state index contributed by atoms with van der Waals surface area (Å²) in [6, 6.07) is 0. The third-order valence-electron chi connectivity index (χ3n) is 1.93. The van der Waals surface area contributed by atoms with Gasteiger partial charge < -0.3 is 5.73 Å². The van der Waals surface area contributed by atoms with Gasteiger partial charge in [-0.15, -0.1) is 0 Å². The maximum absolute atomic E-state index is 10.8. The Hall–Kier alpha value is -1.72. The van der Waals surface area contributed by atoms with Crippen molar-refractivity contribution in [3.05, 3.63) is 21.5 Å². The first-order chi connectivity index (χ1) is 6.91. The number of nitrogen functional groups attached to an aromatic ring is 1. The SMILES string of the molecule is Cc1nc(N)nc(CC(C)C)c1[N+](=O)[O-]. The van der Waals surface area contributed by atoms with Crippen LogP contribution >= 0.6 is 0 Å². The molecule has 1 heterocycles. The molecule has 0 unspecified atom stereocenters. The van der Waals surface area contributed by atoms with Crippen molar-refractivity contribution >= 4 is 11.6 Å². The highest BCUT2D eigenvalue weighted by Crippen LogP contribution is 2.23. The second kappa shape index (κ2) is 4.20. The van der Waals surface area contributed by atoms with Gasteiger partial charge in [-0.3, -0.25) is 10.1 Å². The summed E-state index contributed by atoms with van der Waals surface area (Å²) in [5.74, 6) is 0.381. The molecule has 0 bridgehead atoms. The van der Waals surface area contributed by atoms with Crippen LogP contribution in [-0.2, 0) is 6.42 Å². The third-order valence-corrected chi connectivity index (χ3v) is 1.93. The minimum absolute atomic E-state index is 0.0158. The van der Waals surface area contributed by atoms with Crippen LogP contribution in [0.25, 0.3) is 0 Å². The van der Waals surface area contributed by atoms with Crippen LogP contribution in [0, 0.1) is 23.0 Å². The van der Waals surface area contributed by atoms with Gasteiger partial charge in [0.25, 0.3) is 0 Å². The molecule has 1 aromatic rings. The van der Waals surface area contributed by atoms with Crippen LogP contribution in [0.5, 0.6) is 0 Å². The number of aromatic nitrogens is 2. The Bertz CT molecular complexity index is 390. The molecule has 82 valence electrons. The second-order valence-corrected chi connectivity index (χ2v) is 3.82. The number of hydrogen-bond acceptors (Lipinski definition) is 5. The van der Waals surface area contributed by atoms with E-state index in [9.17, 15) is 10.1 Å². The molecule has 0 saturated carbocycles. The maximum Gasteiger partial charge on any atom is 0.311 e. The third kappa shape index (κ3) is 2.61. The highest BCUT2D eigenvalue weighted by Gasteiger charge is 2.21. The molecule has 6 nitrogen and oxygen atoms in total. The summed E-state index contributed by atoms with van der Waals surface area (Å²) in [5, 5.41) is 10.8. The van der Waals surface area contributed by atoms with Crippen LogP contribution in [0.1, 0.15) is 25.2 Å². The molecule has 0 aromatic carbocycles. The Kier molecular flexibility index (Phi) is 3.18. The van der Waals surface area contributed by atoms with Gasteiger partial charge >= 0.3 is 5.69 Å². The average Bonchev–Trinajstić information content (AvgIpc) is 1.99. The molecule has 1 aromatic heterocycles. The fourth-order valence-corrected chi connectivity index (χ4v) is 1.42. The predicted molar refractivity (Wildman–Crippen MR) is 56.4 cm³/mol. The van der Waals surface area contributed by atoms with Gasteiger partial charge in [-0.2, -0.15) is 0 Å². The zero-order valence-corrected chi connectivity index (χ0v) is 9.02. The summed E-state index contributed by atoms with van der Waals surface area (Å²) in [4.78, 5) is 18.1. The van der Waals surface area contributed by atoms with Crippen molar-refractivity contribution in [3.63, 3.8) is 0 Å². The molecule has 0 radical (unpaired) electrons. The van der Waals surface area contributed by atoms with E-state index in [1.807, 2.05) is 13.8 Å². The van der Waals surface area contributed by atoms with E-state index in [1.165, 1.54) is 0 Å². The molecular formula is C9H14N4O2. The highest BCUT2D eigenvalue weighted by molar-refractivity contribution is 5.43. The van der Waals surface area contributed by atoms with E-state index < -0.39 is 4.92 Å². The molecule has 0 amide bonds.